The smallest absolute Gasteiger partial charge is 0.257 e. The third kappa shape index (κ3) is 2.90. The predicted octanol–water partition coefficient (Wildman–Crippen LogP) is 0.379. The first kappa shape index (κ1) is 13.5. The van der Waals surface area contributed by atoms with Crippen molar-refractivity contribution in [3.05, 3.63) is 12.0 Å². The van der Waals surface area contributed by atoms with Gasteiger partial charge in [-0.25, -0.2) is 18.1 Å². The standard InChI is InChI=1S/C11H20N4O2S/c1-2-9-13-7-10(15-9)18(16,17)14-8-11(3-4-11)5-6-12/h7,14H,2-6,8,12H2,1H3,(H,13,15). The first-order chi connectivity index (χ1) is 8.51. The molecular weight excluding hydrogens is 252 g/mol. The Morgan fingerprint density at radius 1 is 1.56 bits per heavy atom. The summed E-state index contributed by atoms with van der Waals surface area (Å²) in [4.78, 5) is 6.81. The molecule has 0 amide bonds. The predicted molar refractivity (Wildman–Crippen MR) is 68.5 cm³/mol. The van der Waals surface area contributed by atoms with E-state index in [1.54, 1.807) is 0 Å². The fourth-order valence-corrected chi connectivity index (χ4v) is 3.08. The van der Waals surface area contributed by atoms with Crippen LogP contribution in [-0.4, -0.2) is 31.5 Å². The summed E-state index contributed by atoms with van der Waals surface area (Å²) in [6.07, 6.45) is 5.03. The molecule has 4 N–H and O–H groups in total. The average Bonchev–Trinajstić information content (AvgIpc) is 2.93. The zero-order valence-corrected chi connectivity index (χ0v) is 11.4. The van der Waals surface area contributed by atoms with Gasteiger partial charge < -0.3 is 10.7 Å². The van der Waals surface area contributed by atoms with Crippen LogP contribution in [0.3, 0.4) is 0 Å². The summed E-state index contributed by atoms with van der Waals surface area (Å²) in [6.45, 7) is 2.99. The lowest BCUT2D eigenvalue weighted by Gasteiger charge is -2.14. The molecule has 0 aliphatic heterocycles. The van der Waals surface area contributed by atoms with Crippen molar-refractivity contribution in [2.45, 2.75) is 37.6 Å². The summed E-state index contributed by atoms with van der Waals surface area (Å²) < 4.78 is 26.7. The zero-order chi connectivity index (χ0) is 13.2. The Morgan fingerprint density at radius 3 is 2.78 bits per heavy atom. The van der Waals surface area contributed by atoms with E-state index in [4.69, 9.17) is 5.73 Å². The number of H-pyrrole nitrogens is 1. The van der Waals surface area contributed by atoms with Gasteiger partial charge in [-0.3, -0.25) is 0 Å². The van der Waals surface area contributed by atoms with E-state index in [1.807, 2.05) is 6.92 Å². The molecule has 0 atom stereocenters. The van der Waals surface area contributed by atoms with Gasteiger partial charge in [0, 0.05) is 13.0 Å². The number of hydrogen-bond acceptors (Lipinski definition) is 4. The number of aromatic nitrogens is 2. The van der Waals surface area contributed by atoms with Crippen LogP contribution in [0.2, 0.25) is 0 Å². The highest BCUT2D eigenvalue weighted by Crippen LogP contribution is 2.47. The molecule has 1 heterocycles. The Hall–Kier alpha value is -0.920. The third-order valence-electron chi connectivity index (χ3n) is 3.50. The van der Waals surface area contributed by atoms with Crippen molar-refractivity contribution in [3.63, 3.8) is 0 Å². The van der Waals surface area contributed by atoms with Crippen molar-refractivity contribution in [1.82, 2.24) is 14.7 Å². The molecule has 0 bridgehead atoms. The number of sulfonamides is 1. The number of nitrogens with one attached hydrogen (secondary N) is 2. The lowest BCUT2D eigenvalue weighted by Crippen LogP contribution is -2.31. The van der Waals surface area contributed by atoms with Crippen molar-refractivity contribution < 1.29 is 8.42 Å². The molecule has 1 aromatic rings. The minimum Gasteiger partial charge on any atom is -0.332 e. The molecule has 0 saturated heterocycles. The maximum atomic E-state index is 12.0. The Kier molecular flexibility index (Phi) is 3.74. The van der Waals surface area contributed by atoms with Gasteiger partial charge in [0.15, 0.2) is 5.03 Å². The Balaban J connectivity index is 1.99. The topological polar surface area (TPSA) is 101 Å². The Bertz CT molecular complexity index is 505. The van der Waals surface area contributed by atoms with E-state index < -0.39 is 10.0 Å². The van der Waals surface area contributed by atoms with Crippen LogP contribution in [0.25, 0.3) is 0 Å². The molecule has 18 heavy (non-hydrogen) atoms. The van der Waals surface area contributed by atoms with Crippen LogP contribution in [0, 0.1) is 5.41 Å². The molecule has 1 saturated carbocycles. The van der Waals surface area contributed by atoms with Gasteiger partial charge in [0.25, 0.3) is 10.0 Å². The Labute approximate surface area is 107 Å². The molecule has 2 rings (SSSR count). The van der Waals surface area contributed by atoms with Gasteiger partial charge in [-0.2, -0.15) is 0 Å². The highest BCUT2D eigenvalue weighted by Gasteiger charge is 2.42. The van der Waals surface area contributed by atoms with Gasteiger partial charge in [0.1, 0.15) is 5.82 Å². The van der Waals surface area contributed by atoms with E-state index >= 15 is 0 Å². The number of hydrogen-bond donors (Lipinski definition) is 3. The largest absolute Gasteiger partial charge is 0.332 e. The van der Waals surface area contributed by atoms with E-state index in [-0.39, 0.29) is 10.4 Å². The number of aromatic amines is 1. The van der Waals surface area contributed by atoms with E-state index in [9.17, 15) is 8.42 Å². The second-order valence-electron chi connectivity index (χ2n) is 4.91. The minimum absolute atomic E-state index is 0.0927. The molecule has 1 aromatic heterocycles. The lowest BCUT2D eigenvalue weighted by atomic mass is 10.0. The molecule has 102 valence electrons. The van der Waals surface area contributed by atoms with Gasteiger partial charge in [0.05, 0.1) is 6.20 Å². The van der Waals surface area contributed by atoms with Crippen molar-refractivity contribution >= 4 is 10.0 Å². The molecule has 1 aliphatic carbocycles. The van der Waals surface area contributed by atoms with Crippen molar-refractivity contribution in [1.29, 1.82) is 0 Å². The Morgan fingerprint density at radius 2 is 2.28 bits per heavy atom. The summed E-state index contributed by atoms with van der Waals surface area (Å²) in [7, 11) is -3.47. The van der Waals surface area contributed by atoms with E-state index in [2.05, 4.69) is 14.7 Å². The molecule has 7 heteroatoms. The zero-order valence-electron chi connectivity index (χ0n) is 10.6. The molecular formula is C11H20N4O2S. The highest BCUT2D eigenvalue weighted by atomic mass is 32.2. The van der Waals surface area contributed by atoms with Crippen molar-refractivity contribution in [2.24, 2.45) is 11.1 Å². The van der Waals surface area contributed by atoms with Crippen LogP contribution in [0.1, 0.15) is 32.0 Å². The van der Waals surface area contributed by atoms with Gasteiger partial charge in [-0.15, -0.1) is 0 Å². The molecule has 0 radical (unpaired) electrons. The second-order valence-corrected chi connectivity index (χ2v) is 6.65. The van der Waals surface area contributed by atoms with Gasteiger partial charge in [-0.05, 0) is 31.2 Å². The first-order valence-electron chi connectivity index (χ1n) is 6.25. The molecule has 0 spiro atoms. The lowest BCUT2D eigenvalue weighted by molar-refractivity contribution is 0.461. The monoisotopic (exact) mass is 272 g/mol. The molecule has 6 nitrogen and oxygen atoms in total. The fraction of sp³-hybridized carbons (Fsp3) is 0.727. The third-order valence-corrected chi connectivity index (χ3v) is 4.81. The van der Waals surface area contributed by atoms with Gasteiger partial charge in [0.2, 0.25) is 0 Å². The van der Waals surface area contributed by atoms with Crippen molar-refractivity contribution in [3.8, 4) is 0 Å². The summed E-state index contributed by atoms with van der Waals surface area (Å²) in [5.41, 5.74) is 5.63. The summed E-state index contributed by atoms with van der Waals surface area (Å²) >= 11 is 0. The quantitative estimate of drug-likeness (QED) is 0.668. The number of nitrogens with two attached hydrogens (primary N) is 1. The van der Waals surface area contributed by atoms with Crippen LogP contribution in [0.15, 0.2) is 11.2 Å². The first-order valence-corrected chi connectivity index (χ1v) is 7.73. The maximum absolute atomic E-state index is 12.0. The van der Waals surface area contributed by atoms with E-state index in [0.29, 0.717) is 25.3 Å². The fourth-order valence-electron chi connectivity index (χ4n) is 1.98. The number of rotatable bonds is 7. The van der Waals surface area contributed by atoms with E-state index in [1.165, 1.54) is 6.20 Å². The van der Waals surface area contributed by atoms with Gasteiger partial charge in [-0.1, -0.05) is 6.92 Å². The number of aryl methyl sites for hydroxylation is 1. The van der Waals surface area contributed by atoms with Gasteiger partial charge >= 0.3 is 0 Å². The highest BCUT2D eigenvalue weighted by molar-refractivity contribution is 7.89. The normalized spacial score (nSPS) is 17.9. The van der Waals surface area contributed by atoms with Crippen LogP contribution in [0.5, 0.6) is 0 Å². The van der Waals surface area contributed by atoms with Crippen LogP contribution in [-0.2, 0) is 16.4 Å². The molecule has 0 unspecified atom stereocenters. The second kappa shape index (κ2) is 4.99. The molecule has 1 aliphatic rings. The SMILES string of the molecule is CCc1ncc(S(=O)(=O)NCC2(CCN)CC2)[nH]1. The summed E-state index contributed by atoms with van der Waals surface area (Å²) in [5.74, 6) is 0.679. The van der Waals surface area contributed by atoms with Crippen LogP contribution < -0.4 is 10.5 Å². The van der Waals surface area contributed by atoms with Crippen molar-refractivity contribution in [2.75, 3.05) is 13.1 Å². The number of nitrogens with zero attached hydrogens (tertiary/aromatic N) is 1. The average molecular weight is 272 g/mol. The maximum Gasteiger partial charge on any atom is 0.257 e. The molecule has 0 aromatic carbocycles. The van der Waals surface area contributed by atoms with Crippen LogP contribution >= 0.6 is 0 Å². The minimum atomic E-state index is -3.47. The number of imidazole rings is 1. The van der Waals surface area contributed by atoms with E-state index in [0.717, 1.165) is 19.3 Å². The summed E-state index contributed by atoms with van der Waals surface area (Å²) in [6, 6.07) is 0. The van der Waals surface area contributed by atoms with Crippen LogP contribution in [0.4, 0.5) is 0 Å². The summed E-state index contributed by atoms with van der Waals surface area (Å²) in [5, 5.41) is 0.142. The molecule has 1 fully saturated rings.